The maximum absolute atomic E-state index is 12.5. The van der Waals surface area contributed by atoms with Gasteiger partial charge in [0.25, 0.3) is 0 Å². The topological polar surface area (TPSA) is 88.5 Å². The minimum absolute atomic E-state index is 0.182. The maximum atomic E-state index is 12.5. The normalized spacial score (nSPS) is 15.5. The van der Waals surface area contributed by atoms with E-state index in [0.717, 1.165) is 70.2 Å². The summed E-state index contributed by atoms with van der Waals surface area (Å²) in [6, 6.07) is 0. The molecule has 0 aromatic carbocycles. The van der Waals surface area contributed by atoms with E-state index >= 15 is 0 Å². The van der Waals surface area contributed by atoms with E-state index in [1.165, 1.54) is 17.3 Å². The van der Waals surface area contributed by atoms with E-state index in [1.807, 2.05) is 73.0 Å². The molecule has 0 amide bonds. The zero-order valence-electron chi connectivity index (χ0n) is 33.4. The first-order valence-electron chi connectivity index (χ1n) is 18.3. The van der Waals surface area contributed by atoms with Gasteiger partial charge in [-0.25, -0.2) is 5.43 Å². The number of rotatable bonds is 17. The van der Waals surface area contributed by atoms with Crippen molar-refractivity contribution in [3.05, 3.63) is 83.9 Å². The van der Waals surface area contributed by atoms with Crippen LogP contribution in [0.4, 0.5) is 13.2 Å². The highest BCUT2D eigenvalue weighted by atomic mass is 19.4. The number of alkyl halides is 3. The van der Waals surface area contributed by atoms with Gasteiger partial charge in [0, 0.05) is 57.0 Å². The average Bonchev–Trinajstić information content (AvgIpc) is 3.16. The van der Waals surface area contributed by atoms with Crippen molar-refractivity contribution in [2.24, 2.45) is 9.98 Å². The van der Waals surface area contributed by atoms with E-state index in [0.29, 0.717) is 19.8 Å². The number of hydrogen-bond acceptors (Lipinski definition) is 9. The summed E-state index contributed by atoms with van der Waals surface area (Å²) in [5, 5.41) is 6.30. The number of nitrogens with one attached hydrogen (secondary N) is 4. The number of halogens is 3. The summed E-state index contributed by atoms with van der Waals surface area (Å²) in [4.78, 5) is 11.9. The molecule has 0 radical (unpaired) electrons. The highest BCUT2D eigenvalue weighted by molar-refractivity contribution is 5.77. The third-order valence-electron chi connectivity index (χ3n) is 6.54. The lowest BCUT2D eigenvalue weighted by Crippen LogP contribution is -2.48. The molecule has 1 fully saturated rings. The molecule has 1 saturated heterocycles. The first-order chi connectivity index (χ1) is 24.5. The molecule has 2 aliphatic heterocycles. The zero-order valence-corrected chi connectivity index (χ0v) is 33.4. The Morgan fingerprint density at radius 2 is 1.75 bits per heavy atom. The highest BCUT2D eigenvalue weighted by Crippen LogP contribution is 2.28. The van der Waals surface area contributed by atoms with Gasteiger partial charge in [0.1, 0.15) is 0 Å². The van der Waals surface area contributed by atoms with Gasteiger partial charge in [-0.05, 0) is 63.8 Å². The van der Waals surface area contributed by atoms with E-state index in [1.54, 1.807) is 4.90 Å². The zero-order chi connectivity index (χ0) is 39.3. The molecular weight excluding hydrogens is 653 g/mol. The number of hydrazine groups is 1. The lowest BCUT2D eigenvalue weighted by Gasteiger charge is -2.30. The third kappa shape index (κ3) is 30.1. The molecule has 2 rings (SSSR count). The van der Waals surface area contributed by atoms with Crippen LogP contribution in [-0.2, 0) is 4.74 Å². The van der Waals surface area contributed by atoms with Crippen LogP contribution in [0.3, 0.4) is 0 Å². The molecule has 0 saturated carbocycles. The number of hydrogen-bond donors (Lipinski definition) is 4. The van der Waals surface area contributed by atoms with Crippen LogP contribution in [0.2, 0.25) is 0 Å². The van der Waals surface area contributed by atoms with Crippen molar-refractivity contribution in [3.8, 4) is 0 Å². The number of morpholine rings is 1. The minimum Gasteiger partial charge on any atom is -0.378 e. The van der Waals surface area contributed by atoms with Gasteiger partial charge in [0.15, 0.2) is 0 Å². The number of aliphatic imine (C=N–C) groups is 2. The molecule has 51 heavy (non-hydrogen) atoms. The van der Waals surface area contributed by atoms with Crippen LogP contribution in [0, 0.1) is 0 Å². The summed E-state index contributed by atoms with van der Waals surface area (Å²) in [7, 11) is 0. The molecule has 0 bridgehead atoms. The van der Waals surface area contributed by atoms with Crippen molar-refractivity contribution in [3.63, 3.8) is 0 Å². The molecule has 0 aliphatic carbocycles. The lowest BCUT2D eigenvalue weighted by molar-refractivity contribution is -0.0898. The summed E-state index contributed by atoms with van der Waals surface area (Å²) >= 11 is 0. The van der Waals surface area contributed by atoms with E-state index < -0.39 is 11.7 Å². The molecule has 4 N–H and O–H groups in total. The summed E-state index contributed by atoms with van der Waals surface area (Å²) in [6.45, 7) is 35.2. The van der Waals surface area contributed by atoms with Crippen LogP contribution < -0.4 is 21.5 Å². The Morgan fingerprint density at radius 3 is 2.29 bits per heavy atom. The van der Waals surface area contributed by atoms with Gasteiger partial charge in [-0.2, -0.15) is 13.2 Å². The van der Waals surface area contributed by atoms with Gasteiger partial charge in [0.2, 0.25) is 0 Å². The van der Waals surface area contributed by atoms with E-state index in [9.17, 15) is 13.2 Å². The van der Waals surface area contributed by atoms with Crippen molar-refractivity contribution in [1.29, 1.82) is 0 Å². The molecule has 0 spiro atoms. The number of allylic oxidation sites excluding steroid dienone is 7. The predicted octanol–water partition coefficient (Wildman–Crippen LogP) is 7.94. The summed E-state index contributed by atoms with van der Waals surface area (Å²) in [5.74, 6) is 0. The second-order valence-corrected chi connectivity index (χ2v) is 10.5. The smallest absolute Gasteiger partial charge is 0.378 e. The third-order valence-corrected chi connectivity index (χ3v) is 6.54. The molecule has 1 atom stereocenters. The van der Waals surface area contributed by atoms with E-state index in [-0.39, 0.29) is 6.17 Å². The largest absolute Gasteiger partial charge is 0.417 e. The minimum atomic E-state index is -4.29. The summed E-state index contributed by atoms with van der Waals surface area (Å²) < 4.78 is 43.0. The Bertz CT molecular complexity index is 1070. The quantitative estimate of drug-likeness (QED) is 0.0399. The van der Waals surface area contributed by atoms with Gasteiger partial charge in [0.05, 0.1) is 38.2 Å². The number of nitrogens with zero attached hydrogens (tertiary/aromatic N) is 4. The monoisotopic (exact) mass is 725 g/mol. The van der Waals surface area contributed by atoms with Crippen molar-refractivity contribution >= 4 is 12.9 Å². The Balaban J connectivity index is -0.000000652. The molecule has 294 valence electrons. The second-order valence-electron chi connectivity index (χ2n) is 10.5. The Labute approximate surface area is 309 Å². The molecule has 0 aromatic rings. The van der Waals surface area contributed by atoms with Crippen LogP contribution in [0.25, 0.3) is 0 Å². The Kier molecular flexibility index (Phi) is 37.3. The van der Waals surface area contributed by atoms with Crippen LogP contribution in [0.15, 0.2) is 93.9 Å². The Hall–Kier alpha value is -3.29. The molecule has 12 heteroatoms. The summed E-state index contributed by atoms with van der Waals surface area (Å²) in [6.07, 6.45) is 14.3. The molecule has 1 unspecified atom stereocenters. The number of likely N-dealkylation sites (N-methyl/N-ethyl adjacent to an activating group) is 1. The Morgan fingerprint density at radius 1 is 1.08 bits per heavy atom. The fourth-order valence-electron chi connectivity index (χ4n) is 3.81. The van der Waals surface area contributed by atoms with Gasteiger partial charge < -0.3 is 19.9 Å². The van der Waals surface area contributed by atoms with Gasteiger partial charge in [-0.1, -0.05) is 85.4 Å². The van der Waals surface area contributed by atoms with Crippen LogP contribution in [0.5, 0.6) is 0 Å². The lowest BCUT2D eigenvalue weighted by atomic mass is 10.2. The maximum Gasteiger partial charge on any atom is 0.417 e. The second kappa shape index (κ2) is 36.5. The van der Waals surface area contributed by atoms with Gasteiger partial charge in [-0.15, -0.1) is 0 Å². The molecule has 0 aromatic heterocycles. The van der Waals surface area contributed by atoms with Gasteiger partial charge in [-0.3, -0.25) is 20.7 Å². The van der Waals surface area contributed by atoms with Crippen LogP contribution in [-0.4, -0.2) is 101 Å². The van der Waals surface area contributed by atoms with Crippen molar-refractivity contribution < 1.29 is 17.9 Å². The first kappa shape index (κ1) is 52.1. The fraction of sp³-hybridized carbons (Fsp3) is 0.590. The highest BCUT2D eigenvalue weighted by Gasteiger charge is 2.33. The molecule has 2 aliphatic rings. The summed E-state index contributed by atoms with van der Waals surface area (Å²) in [5.41, 5.74) is 8.70. The first-order valence-corrected chi connectivity index (χ1v) is 18.3. The fourth-order valence-corrected chi connectivity index (χ4v) is 3.81. The standard InChI is InChI=1S/C13H20N2O.C11H19F3N4.C11H20N2.2C2H6/c1-3-6-13(7-4-5-8-14-2)15-9-11-16-12-10-15;1-3-16-17-8-15-9(2)18-6-4-5-10(7-18)11(12,13)14;1-5-10(3)7-13-9-11(4)8-12-6-2;2*1-2/h3-7H,2,8-12H2,1H3;4-5,7,9,15-17H,3,6,8H2,1-2H3;7,9,12H,3,5-6,8H2,1-2,4H3;2*1-2H3/b5-4+,6-3-,13-7+;;11-9-,13-7?;;. The average molecular weight is 725 g/mol. The molecular formula is C39H71F3N8O. The molecule has 2 heterocycles. The predicted molar refractivity (Wildman–Crippen MR) is 216 cm³/mol. The van der Waals surface area contributed by atoms with Crippen molar-refractivity contribution in [1.82, 2.24) is 31.3 Å². The van der Waals surface area contributed by atoms with Crippen molar-refractivity contribution in [2.45, 2.75) is 88.0 Å². The van der Waals surface area contributed by atoms with Crippen LogP contribution >= 0.6 is 0 Å². The molecule has 9 nitrogen and oxygen atoms in total. The van der Waals surface area contributed by atoms with E-state index in [2.05, 4.69) is 88.7 Å². The van der Waals surface area contributed by atoms with Crippen LogP contribution in [0.1, 0.15) is 75.7 Å². The van der Waals surface area contributed by atoms with Gasteiger partial charge >= 0.3 is 6.18 Å². The van der Waals surface area contributed by atoms with E-state index in [4.69, 9.17) is 4.74 Å². The van der Waals surface area contributed by atoms with Crippen molar-refractivity contribution in [2.75, 3.05) is 65.7 Å². The number of ether oxygens (including phenoxy) is 1. The SMILES string of the molecule is C=C(C=N/C=C(/C)CNCC)CC.C=NC/C=C/C=C(\C=C/C)N1CCOCC1.CC.CC.CCNNCNC(C)N1C=C(C(F)(F)F)C=CC1.